The van der Waals surface area contributed by atoms with Crippen molar-refractivity contribution in [1.29, 1.82) is 0 Å². The van der Waals surface area contributed by atoms with E-state index in [-0.39, 0.29) is 21.1 Å². The maximum absolute atomic E-state index is 6.40. The molecule has 0 bridgehead atoms. The number of hydrogen-bond donors (Lipinski definition) is 0. The molecule has 11 aromatic rings. The van der Waals surface area contributed by atoms with Gasteiger partial charge in [0.15, 0.2) is 0 Å². The maximum atomic E-state index is 6.40. The van der Waals surface area contributed by atoms with E-state index in [2.05, 4.69) is 106 Å². The van der Waals surface area contributed by atoms with Crippen molar-refractivity contribution >= 4 is 60.3 Å². The predicted molar refractivity (Wildman–Crippen MR) is 207 cm³/mol. The summed E-state index contributed by atoms with van der Waals surface area (Å²) in [6.07, 6.45) is 3.78. The van der Waals surface area contributed by atoms with Gasteiger partial charge in [-0.1, -0.05) is 77.5 Å². The number of pyridine rings is 2. The summed E-state index contributed by atoms with van der Waals surface area (Å²) in [7, 11) is 0. The zero-order chi connectivity index (χ0) is 34.2. The van der Waals surface area contributed by atoms with Crippen LogP contribution in [0.25, 0.3) is 82.9 Å². The Morgan fingerprint density at radius 3 is 2.28 bits per heavy atom. The van der Waals surface area contributed by atoms with Crippen molar-refractivity contribution in [2.75, 3.05) is 0 Å². The zero-order valence-electron chi connectivity index (χ0n) is 27.9. The topological polar surface area (TPSA) is 62.2 Å². The fourth-order valence-corrected chi connectivity index (χ4v) is 7.48. The van der Waals surface area contributed by atoms with E-state index >= 15 is 0 Å². The second-order valence-electron chi connectivity index (χ2n) is 12.8. The Kier molecular flexibility index (Phi) is 7.24. The van der Waals surface area contributed by atoms with Gasteiger partial charge < -0.3 is 13.7 Å². The molecule has 0 spiro atoms. The monoisotopic (exact) mass is 861 g/mol. The molecule has 0 amide bonds. The van der Waals surface area contributed by atoms with E-state index in [1.165, 1.54) is 16.3 Å². The molecule has 0 aliphatic heterocycles. The molecule has 11 rings (SSSR count). The minimum Gasteiger partial charge on any atom is -0.503 e. The van der Waals surface area contributed by atoms with E-state index in [1.54, 1.807) is 0 Å². The number of nitrogens with zero attached hydrogens (tertiary/aromatic N) is 6. The first-order valence-electron chi connectivity index (χ1n) is 17.1. The van der Waals surface area contributed by atoms with Crippen molar-refractivity contribution in [1.82, 2.24) is 28.7 Å². The minimum absolute atomic E-state index is 0. The van der Waals surface area contributed by atoms with E-state index < -0.39 is 0 Å². The van der Waals surface area contributed by atoms with E-state index in [0.717, 1.165) is 66.6 Å². The molecule has 0 saturated carbocycles. The van der Waals surface area contributed by atoms with Gasteiger partial charge >= 0.3 is 21.1 Å². The molecule has 0 aliphatic carbocycles. The molecule has 0 unspecified atom stereocenters. The van der Waals surface area contributed by atoms with Crippen molar-refractivity contribution in [3.05, 3.63) is 170 Å². The second-order valence-corrected chi connectivity index (χ2v) is 12.8. The van der Waals surface area contributed by atoms with Gasteiger partial charge in [0.1, 0.15) is 5.65 Å². The van der Waals surface area contributed by atoms with Gasteiger partial charge in [-0.05, 0) is 65.7 Å². The molecule has 0 atom stereocenters. The average molecular weight is 862 g/mol. The molecule has 0 aliphatic rings. The Labute approximate surface area is 317 Å². The summed E-state index contributed by atoms with van der Waals surface area (Å²) in [5.41, 5.74) is 9.71. The van der Waals surface area contributed by atoms with Gasteiger partial charge in [-0.3, -0.25) is 9.67 Å². The van der Waals surface area contributed by atoms with Crippen LogP contribution >= 0.6 is 0 Å². The number of imidazole rings is 1. The first kappa shape index (κ1) is 31.2. The fraction of sp³-hybridized carbons (Fsp3) is 0. The summed E-state index contributed by atoms with van der Waals surface area (Å²) >= 11 is 0. The maximum Gasteiger partial charge on any atom is 2.00 e. The van der Waals surface area contributed by atoms with Gasteiger partial charge in [0, 0.05) is 45.9 Å². The molecule has 53 heavy (non-hydrogen) atoms. The van der Waals surface area contributed by atoms with Gasteiger partial charge in [-0.15, -0.1) is 30.3 Å². The van der Waals surface area contributed by atoms with Crippen molar-refractivity contribution in [2.45, 2.75) is 0 Å². The SMILES string of the molecule is [Pt+2].[c-]1c(Oc2[c-]c3c(cc2)c2cccnc2n2c4ccccc4nc32)cccc1-n1ccc(-c2ccc3c(c2)c2ccccc2n3-c2ccccc2)n1. The predicted octanol–water partition coefficient (Wildman–Crippen LogP) is 10.5. The summed E-state index contributed by atoms with van der Waals surface area (Å²) in [6, 6.07) is 56.6. The Morgan fingerprint density at radius 1 is 0.566 bits per heavy atom. The van der Waals surface area contributed by atoms with Gasteiger partial charge in [-0.25, -0.2) is 4.98 Å². The number of hydrogen-bond acceptors (Lipinski definition) is 4. The third kappa shape index (κ3) is 4.96. The Bertz CT molecular complexity index is 3180. The third-order valence-corrected chi connectivity index (χ3v) is 9.78. The van der Waals surface area contributed by atoms with Crippen LogP contribution in [0.1, 0.15) is 0 Å². The fourth-order valence-electron chi connectivity index (χ4n) is 7.48. The van der Waals surface area contributed by atoms with Gasteiger partial charge in [-0.2, -0.15) is 11.2 Å². The first-order chi connectivity index (χ1) is 25.8. The Hall–Kier alpha value is -6.56. The summed E-state index contributed by atoms with van der Waals surface area (Å²) < 4.78 is 12.7. The summed E-state index contributed by atoms with van der Waals surface area (Å²) in [5, 5.41) is 10.3. The van der Waals surface area contributed by atoms with Crippen LogP contribution in [0.4, 0.5) is 0 Å². The van der Waals surface area contributed by atoms with E-state index in [9.17, 15) is 0 Å². The van der Waals surface area contributed by atoms with Crippen molar-refractivity contribution < 1.29 is 25.8 Å². The quantitative estimate of drug-likeness (QED) is 0.128. The number of ether oxygens (including phenoxy) is 1. The van der Waals surface area contributed by atoms with Crippen molar-refractivity contribution in [3.8, 4) is 34.1 Å². The molecule has 5 aromatic heterocycles. The second kappa shape index (κ2) is 12.3. The first-order valence-corrected chi connectivity index (χ1v) is 17.1. The number of aromatic nitrogens is 6. The standard InChI is InChI=1S/C45H26N6O.Pt/c1-2-10-30(11-3-1)50-41-17-6-4-14-35(41)37-26-29(19-22-42(37)50)39-23-25-49(48-39)31-12-8-13-32(27-31)52-33-20-21-34-36-15-9-24-46-44(36)51-43-18-7-5-16-40(43)47-45(51)38(34)28-33;/h1-26H;/q-2;+2. The molecule has 0 saturated heterocycles. The van der Waals surface area contributed by atoms with Crippen LogP contribution in [0.5, 0.6) is 11.5 Å². The smallest absolute Gasteiger partial charge is 0.503 e. The molecule has 0 N–H and O–H groups in total. The third-order valence-electron chi connectivity index (χ3n) is 9.78. The van der Waals surface area contributed by atoms with Crippen LogP contribution in [0.15, 0.2) is 158 Å². The Morgan fingerprint density at radius 2 is 1.36 bits per heavy atom. The van der Waals surface area contributed by atoms with E-state index in [0.29, 0.717) is 11.5 Å². The van der Waals surface area contributed by atoms with Crippen LogP contribution in [0, 0.1) is 12.1 Å². The number of fused-ring (bicyclic) bond motifs is 11. The normalized spacial score (nSPS) is 11.6. The number of para-hydroxylation sites is 4. The molecule has 6 aromatic carbocycles. The molecule has 7 nitrogen and oxygen atoms in total. The van der Waals surface area contributed by atoms with Crippen LogP contribution < -0.4 is 4.74 Å². The molecule has 0 fully saturated rings. The van der Waals surface area contributed by atoms with Crippen LogP contribution in [0.2, 0.25) is 0 Å². The van der Waals surface area contributed by atoms with E-state index in [1.807, 2.05) is 77.7 Å². The molecule has 0 radical (unpaired) electrons. The molecule has 8 heteroatoms. The van der Waals surface area contributed by atoms with E-state index in [4.69, 9.17) is 19.8 Å². The van der Waals surface area contributed by atoms with Crippen LogP contribution in [-0.2, 0) is 21.1 Å². The number of rotatable bonds is 5. The summed E-state index contributed by atoms with van der Waals surface area (Å²) in [5.74, 6) is 1.13. The summed E-state index contributed by atoms with van der Waals surface area (Å²) in [4.78, 5) is 9.72. The molecular formula is C45H26N6OPt. The Balaban J connectivity index is 0.00000349. The van der Waals surface area contributed by atoms with Crippen molar-refractivity contribution in [2.24, 2.45) is 0 Å². The number of benzene rings is 6. The zero-order valence-corrected chi connectivity index (χ0v) is 30.2. The van der Waals surface area contributed by atoms with Gasteiger partial charge in [0.2, 0.25) is 0 Å². The van der Waals surface area contributed by atoms with Gasteiger partial charge in [0.25, 0.3) is 0 Å². The summed E-state index contributed by atoms with van der Waals surface area (Å²) in [6.45, 7) is 0. The largest absolute Gasteiger partial charge is 2.00 e. The average Bonchev–Trinajstić information content (AvgIpc) is 3.93. The van der Waals surface area contributed by atoms with Crippen molar-refractivity contribution in [3.63, 3.8) is 0 Å². The molecule has 5 heterocycles. The minimum atomic E-state index is 0. The van der Waals surface area contributed by atoms with Gasteiger partial charge in [0.05, 0.1) is 33.4 Å². The van der Waals surface area contributed by atoms with Crippen LogP contribution in [0.3, 0.4) is 0 Å². The molecular weight excluding hydrogens is 836 g/mol. The van der Waals surface area contributed by atoms with Crippen LogP contribution in [-0.4, -0.2) is 28.7 Å². The molecule has 252 valence electrons.